The van der Waals surface area contributed by atoms with Crippen LogP contribution in [0.3, 0.4) is 0 Å². The third kappa shape index (κ3) is 5.39. The van der Waals surface area contributed by atoms with Gasteiger partial charge in [0, 0.05) is 19.1 Å². The van der Waals surface area contributed by atoms with E-state index in [9.17, 15) is 18.0 Å². The fraction of sp³-hybridized carbons (Fsp3) is 0.619. The van der Waals surface area contributed by atoms with Gasteiger partial charge in [-0.15, -0.1) is 0 Å². The average Bonchev–Trinajstić information content (AvgIpc) is 2.76. The Balaban J connectivity index is 1.52. The number of rotatable bonds is 6. The highest BCUT2D eigenvalue weighted by Crippen LogP contribution is 2.29. The molecule has 1 heterocycles. The molecule has 1 saturated carbocycles. The van der Waals surface area contributed by atoms with Crippen molar-refractivity contribution in [2.75, 3.05) is 32.9 Å². The molecular weight excluding hydrogens is 408 g/mol. The molecule has 30 heavy (non-hydrogen) atoms. The number of benzene rings is 1. The maximum absolute atomic E-state index is 12.6. The van der Waals surface area contributed by atoms with E-state index in [1.807, 2.05) is 0 Å². The summed E-state index contributed by atoms with van der Waals surface area (Å²) in [4.78, 5) is 24.5. The first-order valence-corrected chi connectivity index (χ1v) is 11.9. The summed E-state index contributed by atoms with van der Waals surface area (Å²) in [5, 5.41) is 2.96. The van der Waals surface area contributed by atoms with Crippen molar-refractivity contribution in [3.8, 4) is 0 Å². The molecule has 0 bridgehead atoms. The van der Waals surface area contributed by atoms with Crippen molar-refractivity contribution < 1.29 is 27.5 Å². The second-order valence-corrected chi connectivity index (χ2v) is 10.00. The first-order chi connectivity index (χ1) is 14.3. The fourth-order valence-corrected chi connectivity index (χ4v) is 5.36. The van der Waals surface area contributed by atoms with Gasteiger partial charge in [-0.25, -0.2) is 13.2 Å². The van der Waals surface area contributed by atoms with Crippen LogP contribution in [0.25, 0.3) is 0 Å². The van der Waals surface area contributed by atoms with Gasteiger partial charge < -0.3 is 14.8 Å². The number of ether oxygens (including phenoxy) is 2. The smallest absolute Gasteiger partial charge is 0.338 e. The highest BCUT2D eigenvalue weighted by atomic mass is 32.2. The van der Waals surface area contributed by atoms with Crippen LogP contribution in [0.2, 0.25) is 0 Å². The molecule has 3 unspecified atom stereocenters. The Morgan fingerprint density at radius 2 is 1.80 bits per heavy atom. The maximum atomic E-state index is 12.6. The molecule has 1 aliphatic heterocycles. The molecule has 3 atom stereocenters. The second-order valence-electron chi connectivity index (χ2n) is 8.06. The van der Waals surface area contributed by atoms with E-state index in [-0.39, 0.29) is 29.0 Å². The Morgan fingerprint density at radius 3 is 2.47 bits per heavy atom. The van der Waals surface area contributed by atoms with E-state index < -0.39 is 16.0 Å². The van der Waals surface area contributed by atoms with E-state index in [1.165, 1.54) is 35.0 Å². The van der Waals surface area contributed by atoms with Crippen molar-refractivity contribution >= 4 is 21.9 Å². The molecule has 1 amide bonds. The Kier molecular flexibility index (Phi) is 7.49. The quantitative estimate of drug-likeness (QED) is 0.680. The highest BCUT2D eigenvalue weighted by Gasteiger charge is 2.29. The lowest BCUT2D eigenvalue weighted by Gasteiger charge is -2.34. The largest absolute Gasteiger partial charge is 0.452 e. The molecule has 0 spiro atoms. The van der Waals surface area contributed by atoms with Gasteiger partial charge in [0.1, 0.15) is 0 Å². The van der Waals surface area contributed by atoms with Gasteiger partial charge in [-0.3, -0.25) is 4.79 Å². The molecule has 0 aromatic heterocycles. The van der Waals surface area contributed by atoms with Crippen molar-refractivity contribution in [2.45, 2.75) is 44.0 Å². The van der Waals surface area contributed by atoms with E-state index in [0.717, 1.165) is 12.8 Å². The van der Waals surface area contributed by atoms with Gasteiger partial charge in [0.15, 0.2) is 6.61 Å². The summed E-state index contributed by atoms with van der Waals surface area (Å²) in [5.74, 6) is -0.0374. The van der Waals surface area contributed by atoms with Crippen molar-refractivity contribution in [2.24, 2.45) is 11.8 Å². The van der Waals surface area contributed by atoms with Gasteiger partial charge in [-0.1, -0.05) is 26.7 Å². The van der Waals surface area contributed by atoms with Crippen molar-refractivity contribution in [1.29, 1.82) is 0 Å². The van der Waals surface area contributed by atoms with Crippen molar-refractivity contribution in [1.82, 2.24) is 9.62 Å². The third-order valence-corrected chi connectivity index (χ3v) is 8.00. The number of morpholine rings is 1. The fourth-order valence-electron chi connectivity index (χ4n) is 3.95. The Labute approximate surface area is 178 Å². The van der Waals surface area contributed by atoms with Crippen LogP contribution in [0.1, 0.15) is 43.5 Å². The monoisotopic (exact) mass is 438 g/mol. The predicted molar refractivity (Wildman–Crippen MR) is 110 cm³/mol. The lowest BCUT2D eigenvalue weighted by molar-refractivity contribution is -0.125. The van der Waals surface area contributed by atoms with Gasteiger partial charge >= 0.3 is 5.97 Å². The van der Waals surface area contributed by atoms with Crippen molar-refractivity contribution in [3.05, 3.63) is 29.8 Å². The summed E-state index contributed by atoms with van der Waals surface area (Å²) in [6, 6.07) is 5.67. The molecule has 8 nitrogen and oxygen atoms in total. The van der Waals surface area contributed by atoms with Gasteiger partial charge in [-0.2, -0.15) is 4.31 Å². The maximum Gasteiger partial charge on any atom is 0.338 e. The molecule has 1 aliphatic carbocycles. The van der Waals surface area contributed by atoms with Crippen LogP contribution in [0, 0.1) is 11.8 Å². The number of esters is 1. The van der Waals surface area contributed by atoms with E-state index in [4.69, 9.17) is 9.47 Å². The summed E-state index contributed by atoms with van der Waals surface area (Å²) in [7, 11) is -3.62. The molecule has 3 rings (SSSR count). The lowest BCUT2D eigenvalue weighted by atomic mass is 9.78. The summed E-state index contributed by atoms with van der Waals surface area (Å²) < 4.78 is 36.9. The molecular formula is C21H30N2O6S. The normalized spacial score (nSPS) is 25.5. The summed E-state index contributed by atoms with van der Waals surface area (Å²) in [6.07, 6.45) is 3.18. The number of carbonyl (C=O) groups is 2. The Morgan fingerprint density at radius 1 is 1.13 bits per heavy atom. The molecule has 2 aliphatic rings. The first-order valence-electron chi connectivity index (χ1n) is 10.4. The van der Waals surface area contributed by atoms with Crippen LogP contribution in [0.5, 0.6) is 0 Å². The average molecular weight is 439 g/mol. The Bertz CT molecular complexity index is 849. The van der Waals surface area contributed by atoms with E-state index in [2.05, 4.69) is 19.2 Å². The molecule has 1 aromatic carbocycles. The van der Waals surface area contributed by atoms with Gasteiger partial charge in [0.05, 0.1) is 23.7 Å². The van der Waals surface area contributed by atoms with Crippen LogP contribution >= 0.6 is 0 Å². The van der Waals surface area contributed by atoms with Gasteiger partial charge in [-0.05, 0) is 42.5 Å². The molecule has 1 saturated heterocycles. The van der Waals surface area contributed by atoms with E-state index in [1.54, 1.807) is 0 Å². The lowest BCUT2D eigenvalue weighted by Crippen LogP contribution is -2.45. The van der Waals surface area contributed by atoms with Crippen LogP contribution < -0.4 is 5.32 Å². The SMILES string of the molecule is CC1CCCC(NC(=O)COC(=O)c2ccc(S(=O)(=O)N3CCOCC3)cc2)C1C. The van der Waals surface area contributed by atoms with Crippen LogP contribution in [0.4, 0.5) is 0 Å². The number of nitrogens with one attached hydrogen (secondary N) is 1. The summed E-state index contributed by atoms with van der Waals surface area (Å²) >= 11 is 0. The summed E-state index contributed by atoms with van der Waals surface area (Å²) in [5.41, 5.74) is 0.198. The molecule has 166 valence electrons. The highest BCUT2D eigenvalue weighted by molar-refractivity contribution is 7.89. The number of hydrogen-bond donors (Lipinski definition) is 1. The second kappa shape index (κ2) is 9.89. The molecule has 9 heteroatoms. The number of carbonyl (C=O) groups excluding carboxylic acids is 2. The van der Waals surface area contributed by atoms with Crippen LogP contribution in [0.15, 0.2) is 29.2 Å². The van der Waals surface area contributed by atoms with Crippen molar-refractivity contribution in [3.63, 3.8) is 0 Å². The minimum Gasteiger partial charge on any atom is -0.452 e. The summed E-state index contributed by atoms with van der Waals surface area (Å²) in [6.45, 7) is 5.30. The Hall–Kier alpha value is -1.97. The molecule has 0 radical (unpaired) electrons. The topological polar surface area (TPSA) is 102 Å². The molecule has 1 aromatic rings. The number of nitrogens with zero attached hydrogens (tertiary/aromatic N) is 1. The zero-order chi connectivity index (χ0) is 21.7. The standard InChI is InChI=1S/C21H30N2O6S/c1-15-4-3-5-19(16(15)2)22-20(24)14-29-21(25)17-6-8-18(9-7-17)30(26,27)23-10-12-28-13-11-23/h6-9,15-16,19H,3-5,10-14H2,1-2H3,(H,22,24). The predicted octanol–water partition coefficient (Wildman–Crippen LogP) is 1.81. The third-order valence-electron chi connectivity index (χ3n) is 6.09. The zero-order valence-corrected chi connectivity index (χ0v) is 18.3. The minimum atomic E-state index is -3.62. The molecule has 1 N–H and O–H groups in total. The number of amides is 1. The number of hydrogen-bond acceptors (Lipinski definition) is 6. The van der Waals surface area contributed by atoms with Crippen LogP contribution in [-0.2, 0) is 24.3 Å². The van der Waals surface area contributed by atoms with E-state index >= 15 is 0 Å². The van der Waals surface area contributed by atoms with Gasteiger partial charge in [0.2, 0.25) is 10.0 Å². The number of sulfonamides is 1. The van der Waals surface area contributed by atoms with Gasteiger partial charge in [0.25, 0.3) is 5.91 Å². The minimum absolute atomic E-state index is 0.102. The van der Waals surface area contributed by atoms with Crippen LogP contribution in [-0.4, -0.2) is 63.6 Å². The van der Waals surface area contributed by atoms with E-state index in [0.29, 0.717) is 38.1 Å². The first kappa shape index (κ1) is 22.7. The zero-order valence-electron chi connectivity index (χ0n) is 17.5. The molecule has 2 fully saturated rings.